The number of aryl methyl sites for hydroxylation is 1. The average Bonchev–Trinajstić information content (AvgIpc) is 3.24. The normalized spacial score (nSPS) is 10.8. The van der Waals surface area contributed by atoms with E-state index in [0.29, 0.717) is 12.2 Å². The number of hydrogen-bond donors (Lipinski definition) is 1. The van der Waals surface area contributed by atoms with Crippen LogP contribution >= 0.6 is 22.9 Å². The number of urea groups is 1. The number of amides is 3. The second kappa shape index (κ2) is 12.6. The molecule has 0 atom stereocenters. The maximum atomic E-state index is 13.5. The van der Waals surface area contributed by atoms with Crippen molar-refractivity contribution in [2.24, 2.45) is 0 Å². The number of carbonyl (C=O) groups is 2. The quantitative estimate of drug-likeness (QED) is 0.372. The largest absolute Gasteiger partial charge is 0.383 e. The van der Waals surface area contributed by atoms with Gasteiger partial charge in [-0.2, -0.15) is 0 Å². The Morgan fingerprint density at radius 3 is 2.43 bits per heavy atom. The third-order valence-electron chi connectivity index (χ3n) is 5.29. The van der Waals surface area contributed by atoms with E-state index in [1.165, 1.54) is 36.3 Å². The number of carbonyl (C=O) groups excluding carboxylic acids is 2. The fourth-order valence-corrected chi connectivity index (χ4v) is 4.38. The first kappa shape index (κ1) is 26.6. The topological polar surface area (TPSA) is 61.9 Å². The van der Waals surface area contributed by atoms with Crippen LogP contribution in [-0.4, -0.2) is 48.5 Å². The summed E-state index contributed by atoms with van der Waals surface area (Å²) in [4.78, 5) is 30.3. The van der Waals surface area contributed by atoms with Gasteiger partial charge in [0.25, 0.3) is 0 Å². The Morgan fingerprint density at radius 2 is 1.80 bits per heavy atom. The number of nitrogens with zero attached hydrogens (tertiary/aromatic N) is 2. The van der Waals surface area contributed by atoms with Gasteiger partial charge >= 0.3 is 6.03 Å². The summed E-state index contributed by atoms with van der Waals surface area (Å²) in [6.07, 6.45) is 0. The zero-order valence-electron chi connectivity index (χ0n) is 19.4. The van der Waals surface area contributed by atoms with E-state index in [0.717, 1.165) is 22.1 Å². The van der Waals surface area contributed by atoms with Crippen molar-refractivity contribution in [3.63, 3.8) is 0 Å². The van der Waals surface area contributed by atoms with E-state index >= 15 is 0 Å². The van der Waals surface area contributed by atoms with Crippen molar-refractivity contribution in [2.75, 3.05) is 32.1 Å². The van der Waals surface area contributed by atoms with Gasteiger partial charge in [0.05, 0.1) is 18.2 Å². The van der Waals surface area contributed by atoms with Gasteiger partial charge in [0, 0.05) is 30.8 Å². The highest BCUT2D eigenvalue weighted by atomic mass is 35.5. The van der Waals surface area contributed by atoms with E-state index in [1.807, 2.05) is 18.4 Å². The summed E-state index contributed by atoms with van der Waals surface area (Å²) < 4.78 is 31.9. The first-order valence-corrected chi connectivity index (χ1v) is 12.1. The molecule has 6 nitrogen and oxygen atoms in total. The molecule has 0 saturated carbocycles. The molecule has 10 heteroatoms. The van der Waals surface area contributed by atoms with E-state index in [2.05, 4.69) is 5.32 Å². The van der Waals surface area contributed by atoms with E-state index in [-0.39, 0.29) is 43.0 Å². The maximum absolute atomic E-state index is 13.5. The van der Waals surface area contributed by atoms with E-state index in [4.69, 9.17) is 16.3 Å². The van der Waals surface area contributed by atoms with Crippen LogP contribution in [0, 0.1) is 18.6 Å². The van der Waals surface area contributed by atoms with Gasteiger partial charge in [-0.05, 0) is 59.8 Å². The Hall–Kier alpha value is -3.01. The molecule has 0 unspecified atom stereocenters. The van der Waals surface area contributed by atoms with Gasteiger partial charge < -0.3 is 19.9 Å². The van der Waals surface area contributed by atoms with Crippen LogP contribution in [0.2, 0.25) is 5.02 Å². The fourth-order valence-electron chi connectivity index (χ4n) is 3.28. The minimum absolute atomic E-state index is 0.126. The van der Waals surface area contributed by atoms with Crippen LogP contribution in [0.15, 0.2) is 53.9 Å². The maximum Gasteiger partial charge on any atom is 0.322 e. The van der Waals surface area contributed by atoms with Gasteiger partial charge in [0.15, 0.2) is 0 Å². The number of rotatable bonds is 10. The summed E-state index contributed by atoms with van der Waals surface area (Å²) >= 11 is 7.35. The van der Waals surface area contributed by atoms with E-state index < -0.39 is 11.8 Å². The first-order chi connectivity index (χ1) is 16.8. The van der Waals surface area contributed by atoms with Crippen molar-refractivity contribution in [3.05, 3.63) is 86.6 Å². The minimum atomic E-state index is -0.601. The molecule has 3 amide bonds. The minimum Gasteiger partial charge on any atom is -0.383 e. The third-order valence-corrected chi connectivity index (χ3v) is 6.59. The molecule has 186 valence electrons. The highest BCUT2D eigenvalue weighted by Gasteiger charge is 2.23. The molecule has 0 saturated heterocycles. The number of nitrogens with one attached hydrogen (secondary N) is 1. The number of ether oxygens (including phenoxy) is 1. The molecule has 0 aliphatic carbocycles. The second-order valence-electron chi connectivity index (χ2n) is 7.88. The number of methoxy groups -OCH3 is 1. The van der Waals surface area contributed by atoms with Crippen LogP contribution in [0.1, 0.15) is 16.0 Å². The monoisotopic (exact) mass is 521 g/mol. The number of benzene rings is 2. The lowest BCUT2D eigenvalue weighted by atomic mass is 10.2. The Labute approximate surface area is 212 Å². The molecule has 2 aromatic carbocycles. The van der Waals surface area contributed by atoms with Gasteiger partial charge in [-0.25, -0.2) is 13.6 Å². The standard InChI is InChI=1S/C25H26ClF2N3O3S/c1-17-9-12-35-23(17)15-31(14-18-3-5-19(27)6-4-18)24(32)16-30(10-11-34-2)25(33)29-20-7-8-22(28)21(26)13-20/h3-9,12-13H,10-11,14-16H2,1-2H3,(H,29,33). The average molecular weight is 522 g/mol. The smallest absolute Gasteiger partial charge is 0.322 e. The molecule has 1 aromatic heterocycles. The van der Waals surface area contributed by atoms with Crippen molar-refractivity contribution in [3.8, 4) is 0 Å². The summed E-state index contributed by atoms with van der Waals surface area (Å²) in [5.41, 5.74) is 2.13. The van der Waals surface area contributed by atoms with Crippen molar-refractivity contribution in [1.82, 2.24) is 9.80 Å². The fraction of sp³-hybridized carbons (Fsp3) is 0.280. The zero-order chi connectivity index (χ0) is 25.4. The summed E-state index contributed by atoms with van der Waals surface area (Å²) in [6, 6.07) is 11.2. The van der Waals surface area contributed by atoms with E-state index in [9.17, 15) is 18.4 Å². The Bertz CT molecular complexity index is 1160. The summed E-state index contributed by atoms with van der Waals surface area (Å²) in [7, 11) is 1.50. The van der Waals surface area contributed by atoms with Crippen molar-refractivity contribution >= 4 is 40.6 Å². The van der Waals surface area contributed by atoms with Gasteiger partial charge in [-0.1, -0.05) is 23.7 Å². The molecule has 0 aliphatic heterocycles. The molecular weight excluding hydrogens is 496 g/mol. The molecule has 3 aromatic rings. The lowest BCUT2D eigenvalue weighted by molar-refractivity contribution is -0.133. The van der Waals surface area contributed by atoms with Gasteiger partial charge in [-0.3, -0.25) is 4.79 Å². The Balaban J connectivity index is 1.77. The van der Waals surface area contributed by atoms with Crippen LogP contribution in [0.3, 0.4) is 0 Å². The number of anilines is 1. The molecular formula is C25H26ClF2N3O3S. The van der Waals surface area contributed by atoms with Gasteiger partial charge in [-0.15, -0.1) is 11.3 Å². The summed E-state index contributed by atoms with van der Waals surface area (Å²) in [5.74, 6) is -1.24. The molecule has 1 N–H and O–H groups in total. The molecule has 0 aliphatic rings. The molecule has 1 heterocycles. The molecule has 0 fully saturated rings. The second-order valence-corrected chi connectivity index (χ2v) is 9.28. The molecule has 0 spiro atoms. The van der Waals surface area contributed by atoms with Crippen molar-refractivity contribution in [2.45, 2.75) is 20.0 Å². The van der Waals surface area contributed by atoms with Crippen LogP contribution < -0.4 is 5.32 Å². The number of thiophene rings is 1. The number of hydrogen-bond acceptors (Lipinski definition) is 4. The predicted molar refractivity (Wildman–Crippen MR) is 134 cm³/mol. The Morgan fingerprint density at radius 1 is 1.06 bits per heavy atom. The molecule has 0 bridgehead atoms. The van der Waals surface area contributed by atoms with Crippen LogP contribution in [0.4, 0.5) is 19.3 Å². The van der Waals surface area contributed by atoms with E-state index in [1.54, 1.807) is 28.4 Å². The highest BCUT2D eigenvalue weighted by molar-refractivity contribution is 7.10. The lowest BCUT2D eigenvalue weighted by Gasteiger charge is -2.28. The first-order valence-electron chi connectivity index (χ1n) is 10.8. The third kappa shape index (κ3) is 7.74. The summed E-state index contributed by atoms with van der Waals surface area (Å²) in [6.45, 7) is 2.74. The molecule has 35 heavy (non-hydrogen) atoms. The molecule has 0 radical (unpaired) electrons. The molecule has 3 rings (SSSR count). The summed E-state index contributed by atoms with van der Waals surface area (Å²) in [5, 5.41) is 4.47. The SMILES string of the molecule is COCCN(CC(=O)N(Cc1ccc(F)cc1)Cc1sccc1C)C(=O)Nc1ccc(F)c(Cl)c1. The number of halogens is 3. The van der Waals surface area contributed by atoms with Crippen LogP contribution in [0.5, 0.6) is 0 Å². The van der Waals surface area contributed by atoms with Gasteiger partial charge in [0.2, 0.25) is 5.91 Å². The van der Waals surface area contributed by atoms with Gasteiger partial charge in [0.1, 0.15) is 18.2 Å². The highest BCUT2D eigenvalue weighted by Crippen LogP contribution is 2.21. The van der Waals surface area contributed by atoms with Crippen molar-refractivity contribution in [1.29, 1.82) is 0 Å². The lowest BCUT2D eigenvalue weighted by Crippen LogP contribution is -2.45. The van der Waals surface area contributed by atoms with Crippen LogP contribution in [0.25, 0.3) is 0 Å². The Kier molecular flexibility index (Phi) is 9.59. The van der Waals surface area contributed by atoms with Crippen molar-refractivity contribution < 1.29 is 23.1 Å². The van der Waals surface area contributed by atoms with Crippen LogP contribution in [-0.2, 0) is 22.6 Å². The zero-order valence-corrected chi connectivity index (χ0v) is 21.0. The predicted octanol–water partition coefficient (Wildman–Crippen LogP) is 5.70.